The van der Waals surface area contributed by atoms with Crippen molar-refractivity contribution < 1.29 is 23.1 Å². The molecule has 1 aliphatic heterocycles. The maximum absolute atomic E-state index is 13.0. The average Bonchev–Trinajstić information content (AvgIpc) is 2.82. The highest BCUT2D eigenvalue weighted by Crippen LogP contribution is 2.32. The van der Waals surface area contributed by atoms with Gasteiger partial charge in [-0.15, -0.1) is 0 Å². The summed E-state index contributed by atoms with van der Waals surface area (Å²) in [6.07, 6.45) is 0.564. The van der Waals surface area contributed by atoms with Gasteiger partial charge in [0.05, 0.1) is 26.9 Å². The first-order chi connectivity index (χ1) is 16.9. The molecule has 5 N–H and O–H groups in total. The molecule has 0 radical (unpaired) electrons. The van der Waals surface area contributed by atoms with E-state index in [1.54, 1.807) is 13.0 Å². The number of sulfone groups is 1. The Hall–Kier alpha value is -2.53. The summed E-state index contributed by atoms with van der Waals surface area (Å²) < 4.78 is 24.9. The maximum atomic E-state index is 13.0. The zero-order valence-electron chi connectivity index (χ0n) is 20.1. The van der Waals surface area contributed by atoms with Crippen molar-refractivity contribution in [3.63, 3.8) is 0 Å². The van der Waals surface area contributed by atoms with Crippen LogP contribution in [0.25, 0.3) is 0 Å². The number of carbonyl (C=O) groups excluding carboxylic acids is 1. The van der Waals surface area contributed by atoms with Gasteiger partial charge in [-0.05, 0) is 67.3 Å². The van der Waals surface area contributed by atoms with Gasteiger partial charge >= 0.3 is 6.09 Å². The summed E-state index contributed by atoms with van der Waals surface area (Å²) in [7, 11) is -3.51. The fourth-order valence-electron chi connectivity index (χ4n) is 4.35. The number of nitrogen functional groups attached to an aromatic ring is 1. The summed E-state index contributed by atoms with van der Waals surface area (Å²) in [6, 6.07) is 5.94. The molecule has 0 bridgehead atoms. The highest BCUT2D eigenvalue weighted by Gasteiger charge is 2.25. The Balaban J connectivity index is 1.78. The minimum absolute atomic E-state index is 0.0580. The third-order valence-corrected chi connectivity index (χ3v) is 8.76. The number of nitrogens with zero attached hydrogens (tertiary/aromatic N) is 1. The van der Waals surface area contributed by atoms with Crippen LogP contribution in [0.3, 0.4) is 0 Å². The van der Waals surface area contributed by atoms with E-state index in [1.165, 1.54) is 18.2 Å². The summed E-state index contributed by atoms with van der Waals surface area (Å²) in [5.41, 5.74) is 8.48. The number of nitrogens with two attached hydrogens (primary N) is 1. The minimum Gasteiger partial charge on any atom is -0.465 e. The predicted octanol–water partition coefficient (Wildman–Crippen LogP) is 3.84. The molecule has 3 rings (SSSR count). The van der Waals surface area contributed by atoms with Gasteiger partial charge in [0.25, 0.3) is 5.91 Å². The van der Waals surface area contributed by atoms with Gasteiger partial charge in [0.1, 0.15) is 0 Å². The van der Waals surface area contributed by atoms with Gasteiger partial charge in [0.2, 0.25) is 0 Å². The van der Waals surface area contributed by atoms with Crippen LogP contribution in [0.2, 0.25) is 10.0 Å². The van der Waals surface area contributed by atoms with Gasteiger partial charge < -0.3 is 21.5 Å². The van der Waals surface area contributed by atoms with Gasteiger partial charge in [-0.2, -0.15) is 0 Å². The SMILES string of the molecule is CCS(=O)(=O)c1ccc(Cl)cc1CNC(=O)c1cc(C)c(CN2CCC[C@@H](NC(=O)O)C2)c(Cl)c1N. The molecule has 9 nitrogen and oxygen atoms in total. The lowest BCUT2D eigenvalue weighted by molar-refractivity contribution is 0.0951. The number of benzene rings is 2. The van der Waals surface area contributed by atoms with Gasteiger partial charge in [-0.3, -0.25) is 9.69 Å². The second kappa shape index (κ2) is 11.7. The monoisotopic (exact) mass is 556 g/mol. The van der Waals surface area contributed by atoms with E-state index in [-0.39, 0.29) is 39.5 Å². The summed E-state index contributed by atoms with van der Waals surface area (Å²) in [5, 5.41) is 14.9. The molecule has 1 aliphatic rings. The first kappa shape index (κ1) is 28.0. The Morgan fingerprint density at radius 2 is 1.97 bits per heavy atom. The molecule has 1 atom stereocenters. The van der Waals surface area contributed by atoms with E-state index in [4.69, 9.17) is 34.0 Å². The van der Waals surface area contributed by atoms with Crippen LogP contribution < -0.4 is 16.4 Å². The van der Waals surface area contributed by atoms with Crippen molar-refractivity contribution in [3.05, 3.63) is 56.6 Å². The molecule has 2 aromatic rings. The van der Waals surface area contributed by atoms with Crippen LogP contribution in [-0.2, 0) is 22.9 Å². The number of likely N-dealkylation sites (tertiary alicyclic amines) is 1. The van der Waals surface area contributed by atoms with E-state index >= 15 is 0 Å². The van der Waals surface area contributed by atoms with Crippen molar-refractivity contribution in [2.24, 2.45) is 0 Å². The Morgan fingerprint density at radius 3 is 2.64 bits per heavy atom. The molecule has 0 spiro atoms. The quantitative estimate of drug-likeness (QED) is 0.362. The molecule has 196 valence electrons. The van der Waals surface area contributed by atoms with Gasteiger partial charge in [-0.1, -0.05) is 30.1 Å². The zero-order chi connectivity index (χ0) is 26.6. The summed E-state index contributed by atoms with van der Waals surface area (Å²) in [5.74, 6) is -0.573. The minimum atomic E-state index is -3.51. The van der Waals surface area contributed by atoms with Crippen molar-refractivity contribution in [2.75, 3.05) is 24.6 Å². The van der Waals surface area contributed by atoms with Crippen LogP contribution in [0.15, 0.2) is 29.2 Å². The molecule has 0 unspecified atom stereocenters. The van der Waals surface area contributed by atoms with Gasteiger partial charge in [0.15, 0.2) is 9.84 Å². The number of piperidine rings is 1. The topological polar surface area (TPSA) is 142 Å². The number of carbonyl (C=O) groups is 2. The Labute approximate surface area is 220 Å². The van der Waals surface area contributed by atoms with Gasteiger partial charge in [0, 0.05) is 30.7 Å². The number of anilines is 1. The number of aryl methyl sites for hydroxylation is 1. The molecule has 0 saturated carbocycles. The third kappa shape index (κ3) is 6.61. The number of rotatable bonds is 8. The lowest BCUT2D eigenvalue weighted by Gasteiger charge is -2.33. The van der Waals surface area contributed by atoms with E-state index in [2.05, 4.69) is 15.5 Å². The Kier molecular flexibility index (Phi) is 9.10. The van der Waals surface area contributed by atoms with Crippen molar-refractivity contribution in [1.29, 1.82) is 0 Å². The second-order valence-electron chi connectivity index (χ2n) is 8.81. The number of hydrogen-bond donors (Lipinski definition) is 4. The highest BCUT2D eigenvalue weighted by atomic mass is 35.5. The van der Waals surface area contributed by atoms with Crippen molar-refractivity contribution >= 4 is 50.7 Å². The summed E-state index contributed by atoms with van der Waals surface area (Å²) >= 11 is 12.6. The standard InChI is InChI=1S/C24H30Cl2N4O5S/c1-3-36(34,35)20-7-6-16(25)10-15(20)11-28-23(31)18-9-14(2)19(21(26)22(18)27)13-30-8-4-5-17(12-30)29-24(32)33/h6-7,9-10,17,29H,3-5,8,11-13,27H2,1-2H3,(H,28,31)(H,32,33)/t17-/m1/s1. The van der Waals surface area contributed by atoms with Crippen LogP contribution in [0.4, 0.5) is 10.5 Å². The van der Waals surface area contributed by atoms with Crippen LogP contribution in [0, 0.1) is 6.92 Å². The highest BCUT2D eigenvalue weighted by molar-refractivity contribution is 7.91. The Morgan fingerprint density at radius 1 is 1.25 bits per heavy atom. The summed E-state index contributed by atoms with van der Waals surface area (Å²) in [4.78, 5) is 26.2. The first-order valence-electron chi connectivity index (χ1n) is 11.5. The number of hydrogen-bond acceptors (Lipinski definition) is 6. The largest absolute Gasteiger partial charge is 0.465 e. The van der Waals surface area contributed by atoms with Crippen molar-refractivity contribution in [2.45, 2.75) is 50.7 Å². The average molecular weight is 558 g/mol. The van der Waals surface area contributed by atoms with Crippen molar-refractivity contribution in [3.8, 4) is 0 Å². The maximum Gasteiger partial charge on any atom is 0.404 e. The van der Waals surface area contributed by atoms with E-state index in [0.717, 1.165) is 30.5 Å². The van der Waals surface area contributed by atoms with Crippen LogP contribution in [-0.4, -0.2) is 55.3 Å². The number of halogens is 2. The van der Waals surface area contributed by atoms with E-state index in [9.17, 15) is 18.0 Å². The second-order valence-corrected chi connectivity index (χ2v) is 11.9. The molecule has 1 heterocycles. The third-order valence-electron chi connectivity index (χ3n) is 6.26. The van der Waals surface area contributed by atoms with E-state index < -0.39 is 21.8 Å². The lowest BCUT2D eigenvalue weighted by atomic mass is 9.99. The molecular formula is C24H30Cl2N4O5S. The predicted molar refractivity (Wildman–Crippen MR) is 140 cm³/mol. The lowest BCUT2D eigenvalue weighted by Crippen LogP contribution is -2.47. The van der Waals surface area contributed by atoms with Gasteiger partial charge in [-0.25, -0.2) is 13.2 Å². The fourth-order valence-corrected chi connectivity index (χ4v) is 5.97. The van der Waals surface area contributed by atoms with Crippen LogP contribution >= 0.6 is 23.2 Å². The molecule has 12 heteroatoms. The molecule has 2 amide bonds. The van der Waals surface area contributed by atoms with Crippen LogP contribution in [0.1, 0.15) is 46.8 Å². The first-order valence-corrected chi connectivity index (χ1v) is 13.9. The molecule has 0 aromatic heterocycles. The molecule has 2 aromatic carbocycles. The molecule has 36 heavy (non-hydrogen) atoms. The number of nitrogens with one attached hydrogen (secondary N) is 2. The fraction of sp³-hybridized carbons (Fsp3) is 0.417. The normalized spacial score (nSPS) is 16.5. The smallest absolute Gasteiger partial charge is 0.404 e. The molecule has 1 saturated heterocycles. The summed E-state index contributed by atoms with van der Waals surface area (Å²) in [6.45, 7) is 5.13. The number of amides is 2. The molecule has 1 fully saturated rings. The van der Waals surface area contributed by atoms with Crippen LogP contribution in [0.5, 0.6) is 0 Å². The van der Waals surface area contributed by atoms with Crippen molar-refractivity contribution in [1.82, 2.24) is 15.5 Å². The zero-order valence-corrected chi connectivity index (χ0v) is 22.4. The number of carboxylic acid groups (broad SMARTS) is 1. The molecular weight excluding hydrogens is 527 g/mol. The van der Waals surface area contributed by atoms with E-state index in [1.807, 2.05) is 6.92 Å². The van der Waals surface area contributed by atoms with E-state index in [0.29, 0.717) is 23.7 Å². The Bertz CT molecular complexity index is 1270. The molecule has 0 aliphatic carbocycles.